The summed E-state index contributed by atoms with van der Waals surface area (Å²) in [6, 6.07) is 13.0. The Morgan fingerprint density at radius 2 is 1.68 bits per heavy atom. The van der Waals surface area contributed by atoms with E-state index in [4.69, 9.17) is 0 Å². The third-order valence-corrected chi connectivity index (χ3v) is 4.21. The van der Waals surface area contributed by atoms with E-state index in [0.717, 1.165) is 5.57 Å². The fourth-order valence-corrected chi connectivity index (χ4v) is 3.29. The molecule has 3 aromatic rings. The van der Waals surface area contributed by atoms with Crippen molar-refractivity contribution in [1.29, 1.82) is 0 Å². The molecule has 0 aliphatic heterocycles. The fourth-order valence-electron chi connectivity index (χ4n) is 3.29. The van der Waals surface area contributed by atoms with Crippen molar-refractivity contribution in [2.45, 2.75) is 13.8 Å². The van der Waals surface area contributed by atoms with Crippen LogP contribution in [0.25, 0.3) is 39.3 Å². The van der Waals surface area contributed by atoms with Gasteiger partial charge in [-0.1, -0.05) is 73.9 Å². The van der Waals surface area contributed by atoms with Gasteiger partial charge >= 0.3 is 0 Å². The Balaban J connectivity index is 2.71. The maximum absolute atomic E-state index is 4.21. The van der Waals surface area contributed by atoms with Gasteiger partial charge in [-0.2, -0.15) is 0 Å². The smallest absolute Gasteiger partial charge is 0.00265 e. The first-order valence-corrected chi connectivity index (χ1v) is 7.60. The molecule has 0 heterocycles. The predicted molar refractivity (Wildman–Crippen MR) is 101 cm³/mol. The van der Waals surface area contributed by atoms with Crippen LogP contribution in [-0.4, -0.2) is 0 Å². The molecule has 0 atom stereocenters. The Hall–Kier alpha value is -2.60. The Bertz CT molecular complexity index is 963. The maximum Gasteiger partial charge on any atom is -0.00265 e. The predicted octanol–water partition coefficient (Wildman–Crippen LogP) is 5.74. The molecule has 0 saturated heterocycles. The highest BCUT2D eigenvalue weighted by atomic mass is 14.2. The van der Waals surface area contributed by atoms with Crippen LogP contribution in [0.2, 0.25) is 0 Å². The molecule has 0 amide bonds. The lowest BCUT2D eigenvalue weighted by Crippen LogP contribution is -2.12. The number of benzene rings is 3. The van der Waals surface area contributed by atoms with E-state index < -0.39 is 0 Å². The highest BCUT2D eigenvalue weighted by molar-refractivity contribution is 6.15. The van der Waals surface area contributed by atoms with Gasteiger partial charge in [-0.25, -0.2) is 0 Å². The van der Waals surface area contributed by atoms with E-state index in [1.807, 2.05) is 6.08 Å². The summed E-state index contributed by atoms with van der Waals surface area (Å²) in [5.74, 6) is 0. The van der Waals surface area contributed by atoms with E-state index in [-0.39, 0.29) is 0 Å². The topological polar surface area (TPSA) is 0 Å². The molecule has 0 spiro atoms. The van der Waals surface area contributed by atoms with Crippen LogP contribution in [-0.2, 0) is 0 Å². The average Bonchev–Trinajstić information content (AvgIpc) is 2.56. The van der Waals surface area contributed by atoms with Gasteiger partial charge in [0.2, 0.25) is 0 Å². The number of allylic oxidation sites excluding steroid dienone is 3. The first-order chi connectivity index (χ1) is 10.7. The Morgan fingerprint density at radius 1 is 1.00 bits per heavy atom. The molecule has 108 valence electrons. The number of rotatable bonds is 3. The molecule has 22 heavy (non-hydrogen) atoms. The van der Waals surface area contributed by atoms with Crippen molar-refractivity contribution in [2.75, 3.05) is 0 Å². The molecule has 3 rings (SSSR count). The van der Waals surface area contributed by atoms with Gasteiger partial charge in [-0.05, 0) is 57.3 Å². The quantitative estimate of drug-likeness (QED) is 0.538. The summed E-state index contributed by atoms with van der Waals surface area (Å²) < 4.78 is 0. The van der Waals surface area contributed by atoms with Crippen molar-refractivity contribution in [1.82, 2.24) is 0 Å². The molecule has 0 fully saturated rings. The van der Waals surface area contributed by atoms with Crippen LogP contribution in [0, 0.1) is 0 Å². The minimum absolute atomic E-state index is 0.965. The summed E-state index contributed by atoms with van der Waals surface area (Å²) >= 11 is 0. The first kappa shape index (κ1) is 14.3. The van der Waals surface area contributed by atoms with Gasteiger partial charge in [0.15, 0.2) is 0 Å². The zero-order chi connectivity index (χ0) is 15.7. The molecule has 3 aromatic carbocycles. The van der Waals surface area contributed by atoms with Crippen molar-refractivity contribution in [3.05, 3.63) is 78.1 Å². The summed E-state index contributed by atoms with van der Waals surface area (Å²) in [7, 11) is 0. The van der Waals surface area contributed by atoms with Gasteiger partial charge in [-0.15, -0.1) is 0 Å². The molecule has 0 aliphatic rings. The molecule has 0 aromatic heterocycles. The minimum Gasteiger partial charge on any atom is -0.0985 e. The van der Waals surface area contributed by atoms with Crippen LogP contribution >= 0.6 is 0 Å². The summed E-state index contributed by atoms with van der Waals surface area (Å²) in [6.07, 6.45) is 8.29. The molecule has 0 N–H and O–H groups in total. The van der Waals surface area contributed by atoms with E-state index in [9.17, 15) is 0 Å². The average molecular weight is 284 g/mol. The maximum atomic E-state index is 4.21. The van der Waals surface area contributed by atoms with Gasteiger partial charge < -0.3 is 0 Å². The van der Waals surface area contributed by atoms with Crippen molar-refractivity contribution < 1.29 is 0 Å². The number of hydrogen-bond donors (Lipinski definition) is 0. The lowest BCUT2D eigenvalue weighted by molar-refractivity contribution is 1.57. The lowest BCUT2D eigenvalue weighted by atomic mass is 9.87. The zero-order valence-electron chi connectivity index (χ0n) is 13.2. The summed E-state index contributed by atoms with van der Waals surface area (Å²) in [6.45, 7) is 12.3. The van der Waals surface area contributed by atoms with Crippen LogP contribution < -0.4 is 5.22 Å². The van der Waals surface area contributed by atoms with Crippen LogP contribution in [0.4, 0.5) is 0 Å². The lowest BCUT2D eigenvalue weighted by Gasteiger charge is -2.16. The second kappa shape index (κ2) is 5.65. The molecule has 0 bridgehead atoms. The van der Waals surface area contributed by atoms with Crippen molar-refractivity contribution in [3.8, 4) is 0 Å². The monoisotopic (exact) mass is 284 g/mol. The second-order valence-corrected chi connectivity index (χ2v) is 5.43. The van der Waals surface area contributed by atoms with Gasteiger partial charge in [0.05, 0.1) is 0 Å². The van der Waals surface area contributed by atoms with Crippen LogP contribution in [0.15, 0.2) is 61.7 Å². The highest BCUT2D eigenvalue weighted by Crippen LogP contribution is 2.32. The fraction of sp³-hybridized carbons (Fsp3) is 0.0909. The first-order valence-electron chi connectivity index (χ1n) is 7.60. The molecule has 0 nitrogen and oxygen atoms in total. The van der Waals surface area contributed by atoms with Crippen molar-refractivity contribution in [3.63, 3.8) is 0 Å². The van der Waals surface area contributed by atoms with Gasteiger partial charge in [0, 0.05) is 0 Å². The molecular weight excluding hydrogens is 264 g/mol. The molecule has 0 radical (unpaired) electrons. The molecule has 0 unspecified atom stereocenters. The van der Waals surface area contributed by atoms with Crippen molar-refractivity contribution in [2.24, 2.45) is 0 Å². The summed E-state index contributed by atoms with van der Waals surface area (Å²) in [5, 5.41) is 6.39. The Kier molecular flexibility index (Phi) is 3.68. The molecule has 0 heteroatoms. The molecule has 0 saturated carbocycles. The van der Waals surface area contributed by atoms with E-state index >= 15 is 0 Å². The third-order valence-electron chi connectivity index (χ3n) is 4.21. The molecular formula is C22H20. The second-order valence-electron chi connectivity index (χ2n) is 5.43. The van der Waals surface area contributed by atoms with Gasteiger partial charge in [0.25, 0.3) is 0 Å². The largest absolute Gasteiger partial charge is 0.0985 e. The Labute approximate surface area is 131 Å². The third kappa shape index (κ3) is 2.00. The summed E-state index contributed by atoms with van der Waals surface area (Å²) in [4.78, 5) is 0. The van der Waals surface area contributed by atoms with Crippen molar-refractivity contribution >= 4 is 39.3 Å². The van der Waals surface area contributed by atoms with E-state index in [2.05, 4.69) is 81.6 Å². The van der Waals surface area contributed by atoms with E-state index in [1.165, 1.54) is 37.9 Å². The number of hydrogen-bond acceptors (Lipinski definition) is 0. The summed E-state index contributed by atoms with van der Waals surface area (Å²) in [5.41, 5.74) is 3.37. The van der Waals surface area contributed by atoms with E-state index in [1.54, 1.807) is 0 Å². The van der Waals surface area contributed by atoms with E-state index in [0.29, 0.717) is 0 Å². The standard InChI is InChI=1S/C22H20/c1-5-10-18-20-14-9-12-16-11-8-13-19(22(16)20)17(7-3)21(18)15(4)6-2/h5-14H,2,4H2,1,3H3/b10-5-,17-7-. The van der Waals surface area contributed by atoms with Gasteiger partial charge in [0.1, 0.15) is 0 Å². The minimum atomic E-state index is 0.965. The van der Waals surface area contributed by atoms with Crippen LogP contribution in [0.1, 0.15) is 25.0 Å². The molecule has 0 aliphatic carbocycles. The normalized spacial score (nSPS) is 12.5. The SMILES string of the molecule is C=CC(=C)c1c(/C=C\C)c2cccc3cccc(/c1=C/C)c32. The highest BCUT2D eigenvalue weighted by Gasteiger charge is 2.13. The Morgan fingerprint density at radius 3 is 2.27 bits per heavy atom. The van der Waals surface area contributed by atoms with Gasteiger partial charge in [-0.3, -0.25) is 0 Å². The van der Waals surface area contributed by atoms with Crippen LogP contribution in [0.5, 0.6) is 0 Å². The zero-order valence-corrected chi connectivity index (χ0v) is 13.2. The van der Waals surface area contributed by atoms with Crippen LogP contribution in [0.3, 0.4) is 0 Å².